The molecule has 8 nitrogen and oxygen atoms in total. The largest absolute Gasteiger partial charge is 0.444 e. The Bertz CT molecular complexity index is 1410. The summed E-state index contributed by atoms with van der Waals surface area (Å²) in [4.78, 5) is 40.5. The van der Waals surface area contributed by atoms with Crippen LogP contribution in [0.15, 0.2) is 34.9 Å². The average molecular weight is 743 g/mol. The molecular formula is C38H53BrClN5O3. The van der Waals surface area contributed by atoms with E-state index in [0.717, 1.165) is 80.7 Å². The Balaban J connectivity index is 1.06. The minimum Gasteiger partial charge on any atom is -0.444 e. The smallest absolute Gasteiger partial charge is 0.410 e. The van der Waals surface area contributed by atoms with Crippen molar-refractivity contribution >= 4 is 39.5 Å². The molecule has 4 heterocycles. The number of nitrogens with zero attached hydrogens (tertiary/aromatic N) is 5. The summed E-state index contributed by atoms with van der Waals surface area (Å²) in [6.45, 7) is 16.2. The molecule has 0 saturated carbocycles. The van der Waals surface area contributed by atoms with E-state index >= 15 is 0 Å². The average Bonchev–Trinajstić information content (AvgIpc) is 3.20. The van der Waals surface area contributed by atoms with E-state index in [2.05, 4.69) is 62.7 Å². The van der Waals surface area contributed by atoms with E-state index in [4.69, 9.17) is 21.3 Å². The number of carbonyl (C=O) groups excluding carboxylic acids is 2. The highest BCUT2D eigenvalue weighted by Gasteiger charge is 2.39. The van der Waals surface area contributed by atoms with Crippen molar-refractivity contribution in [2.75, 3.05) is 45.8 Å². The first kappa shape index (κ1) is 35.6. The van der Waals surface area contributed by atoms with E-state index in [1.165, 1.54) is 22.4 Å². The molecule has 3 aliphatic heterocycles. The molecule has 2 aromatic rings. The van der Waals surface area contributed by atoms with E-state index in [1.54, 1.807) is 4.90 Å². The molecule has 0 bridgehead atoms. The fraction of sp³-hybridized carbons (Fsp3) is 0.658. The van der Waals surface area contributed by atoms with Crippen LogP contribution in [-0.2, 0) is 22.4 Å². The van der Waals surface area contributed by atoms with Crippen LogP contribution in [0.2, 0.25) is 5.02 Å². The molecule has 2 unspecified atom stereocenters. The van der Waals surface area contributed by atoms with Gasteiger partial charge in [0.1, 0.15) is 5.60 Å². The van der Waals surface area contributed by atoms with Gasteiger partial charge in [-0.25, -0.2) is 4.79 Å². The van der Waals surface area contributed by atoms with Crippen molar-refractivity contribution in [3.8, 4) is 0 Å². The molecular weight excluding hydrogens is 690 g/mol. The minimum atomic E-state index is -0.493. The first-order chi connectivity index (χ1) is 22.9. The van der Waals surface area contributed by atoms with Crippen molar-refractivity contribution in [1.82, 2.24) is 24.6 Å². The number of rotatable bonds is 5. The van der Waals surface area contributed by atoms with Crippen LogP contribution in [0.5, 0.6) is 0 Å². The molecule has 10 heteroatoms. The number of piperazine rings is 1. The Hall–Kier alpha value is -2.20. The highest BCUT2D eigenvalue weighted by molar-refractivity contribution is 9.10. The number of fused-ring (bicyclic) bond motifs is 2. The number of aryl methyl sites for hydroxylation is 2. The van der Waals surface area contributed by atoms with Gasteiger partial charge in [-0.2, -0.15) is 0 Å². The lowest BCUT2D eigenvalue weighted by atomic mass is 9.90. The van der Waals surface area contributed by atoms with Crippen molar-refractivity contribution in [2.45, 2.75) is 103 Å². The van der Waals surface area contributed by atoms with Gasteiger partial charge >= 0.3 is 6.09 Å². The summed E-state index contributed by atoms with van der Waals surface area (Å²) in [7, 11) is 0. The van der Waals surface area contributed by atoms with E-state index in [1.807, 2.05) is 33.0 Å². The quantitative estimate of drug-likeness (QED) is 0.319. The van der Waals surface area contributed by atoms with Gasteiger partial charge in [-0.15, -0.1) is 0 Å². The molecule has 3 fully saturated rings. The zero-order valence-electron chi connectivity index (χ0n) is 29.4. The third-order valence-corrected chi connectivity index (χ3v) is 11.6. The highest BCUT2D eigenvalue weighted by Crippen LogP contribution is 2.39. The molecule has 1 aliphatic carbocycles. The van der Waals surface area contributed by atoms with E-state index in [0.29, 0.717) is 37.4 Å². The summed E-state index contributed by atoms with van der Waals surface area (Å²) in [5.41, 5.74) is 4.68. The standard InChI is InChI=1S/C38H53BrClN5O3/c1-25(2)33-24-44(18-19-45(33)34(46)20-26-10-14-43(15-11-26)37(47)48-38(3,4)5)31-12-16-42(17-13-31)36-32-9-8-30(40)22-27(32)6-7-28-21-29(39)23-41-35(28)36/h8-9,21-23,25-26,31,33,36H,6-7,10-20,24H2,1-5H3. The van der Waals surface area contributed by atoms with Crippen molar-refractivity contribution < 1.29 is 14.3 Å². The fourth-order valence-electron chi connectivity index (χ4n) is 8.35. The molecule has 4 aliphatic rings. The molecule has 48 heavy (non-hydrogen) atoms. The van der Waals surface area contributed by atoms with Gasteiger partial charge in [0, 0.05) is 80.0 Å². The monoisotopic (exact) mass is 741 g/mol. The number of ether oxygens (including phenoxy) is 1. The van der Waals surface area contributed by atoms with Gasteiger partial charge in [-0.3, -0.25) is 19.6 Å². The van der Waals surface area contributed by atoms with Gasteiger partial charge in [0.05, 0.1) is 11.7 Å². The molecule has 262 valence electrons. The summed E-state index contributed by atoms with van der Waals surface area (Å²) < 4.78 is 6.59. The van der Waals surface area contributed by atoms with Crippen molar-refractivity contribution in [3.05, 3.63) is 62.3 Å². The first-order valence-electron chi connectivity index (χ1n) is 18.0. The van der Waals surface area contributed by atoms with Gasteiger partial charge in [0.15, 0.2) is 0 Å². The molecule has 1 aromatic heterocycles. The summed E-state index contributed by atoms with van der Waals surface area (Å²) >= 11 is 10.1. The fourth-order valence-corrected chi connectivity index (χ4v) is 8.92. The third kappa shape index (κ3) is 8.22. The highest BCUT2D eigenvalue weighted by atomic mass is 79.9. The maximum absolute atomic E-state index is 13.7. The lowest BCUT2D eigenvalue weighted by Crippen LogP contribution is -2.60. The summed E-state index contributed by atoms with van der Waals surface area (Å²) in [6.07, 6.45) is 8.14. The van der Waals surface area contributed by atoms with Gasteiger partial charge < -0.3 is 14.5 Å². The number of hydrogen-bond acceptors (Lipinski definition) is 6. The van der Waals surface area contributed by atoms with E-state index in [9.17, 15) is 9.59 Å². The number of benzene rings is 1. The van der Waals surface area contributed by atoms with Crippen LogP contribution in [0.3, 0.4) is 0 Å². The number of pyridine rings is 1. The number of aromatic nitrogens is 1. The number of likely N-dealkylation sites (tertiary alicyclic amines) is 2. The van der Waals surface area contributed by atoms with Crippen molar-refractivity contribution in [2.24, 2.45) is 11.8 Å². The SMILES string of the molecule is CC(C)C1CN(C2CCN(C3c4ccc(Cl)cc4CCc4cc(Br)cnc43)CC2)CCN1C(=O)CC1CCN(C(=O)OC(C)(C)C)CC1. The lowest BCUT2D eigenvalue weighted by molar-refractivity contribution is -0.139. The van der Waals surface area contributed by atoms with Gasteiger partial charge in [-0.1, -0.05) is 31.5 Å². The third-order valence-electron chi connectivity index (χ3n) is 10.9. The number of halogens is 2. The Morgan fingerprint density at radius 3 is 2.35 bits per heavy atom. The molecule has 2 atom stereocenters. The first-order valence-corrected chi connectivity index (χ1v) is 19.2. The second-order valence-electron chi connectivity index (χ2n) is 15.7. The number of hydrogen-bond donors (Lipinski definition) is 0. The molecule has 6 rings (SSSR count). The molecule has 2 amide bonds. The van der Waals surface area contributed by atoms with Crippen molar-refractivity contribution in [1.29, 1.82) is 0 Å². The maximum atomic E-state index is 13.7. The van der Waals surface area contributed by atoms with Crippen LogP contribution in [0.4, 0.5) is 4.79 Å². The van der Waals surface area contributed by atoms with Crippen molar-refractivity contribution in [3.63, 3.8) is 0 Å². The zero-order chi connectivity index (χ0) is 34.2. The molecule has 3 saturated heterocycles. The summed E-state index contributed by atoms with van der Waals surface area (Å²) in [5.74, 6) is 0.989. The number of amides is 2. The van der Waals surface area contributed by atoms with E-state index < -0.39 is 5.60 Å². The Labute approximate surface area is 300 Å². The molecule has 0 N–H and O–H groups in total. The number of piperidine rings is 2. The number of carbonyl (C=O) groups is 2. The van der Waals surface area contributed by atoms with Crippen LogP contribution in [0.1, 0.15) is 95.1 Å². The predicted molar refractivity (Wildman–Crippen MR) is 194 cm³/mol. The molecule has 0 spiro atoms. The Kier molecular flexibility index (Phi) is 11.1. The van der Waals surface area contributed by atoms with Crippen LogP contribution >= 0.6 is 27.5 Å². The second kappa shape index (κ2) is 15.0. The van der Waals surface area contributed by atoms with Gasteiger partial charge in [-0.05, 0) is 122 Å². The van der Waals surface area contributed by atoms with Crippen LogP contribution in [0, 0.1) is 11.8 Å². The predicted octanol–water partition coefficient (Wildman–Crippen LogP) is 7.36. The topological polar surface area (TPSA) is 69.2 Å². The summed E-state index contributed by atoms with van der Waals surface area (Å²) in [6, 6.07) is 9.53. The van der Waals surface area contributed by atoms with Crippen LogP contribution < -0.4 is 0 Å². The zero-order valence-corrected chi connectivity index (χ0v) is 31.7. The molecule has 1 aromatic carbocycles. The second-order valence-corrected chi connectivity index (χ2v) is 17.1. The van der Waals surface area contributed by atoms with Gasteiger partial charge in [0.2, 0.25) is 5.91 Å². The lowest BCUT2D eigenvalue weighted by Gasteiger charge is -2.48. The Morgan fingerprint density at radius 2 is 1.67 bits per heavy atom. The minimum absolute atomic E-state index is 0.137. The Morgan fingerprint density at radius 1 is 0.958 bits per heavy atom. The van der Waals surface area contributed by atoms with Crippen LogP contribution in [-0.4, -0.2) is 100 Å². The molecule has 0 radical (unpaired) electrons. The summed E-state index contributed by atoms with van der Waals surface area (Å²) in [5, 5.41) is 0.798. The van der Waals surface area contributed by atoms with Gasteiger partial charge in [0.25, 0.3) is 0 Å². The van der Waals surface area contributed by atoms with E-state index in [-0.39, 0.29) is 24.1 Å². The maximum Gasteiger partial charge on any atom is 0.410 e. The van der Waals surface area contributed by atoms with Crippen LogP contribution in [0.25, 0.3) is 0 Å². The normalized spacial score (nSPS) is 23.5.